The minimum Gasteiger partial charge on any atom is -0.394 e. The number of aliphatic hydroxyl groups excluding tert-OH is 5. The Labute approximate surface area is 486 Å². The summed E-state index contributed by atoms with van der Waals surface area (Å²) in [6.07, 6.45) is 76.8. The molecule has 0 aromatic heterocycles. The van der Waals surface area contributed by atoms with Gasteiger partial charge in [0.15, 0.2) is 6.29 Å². The quantitative estimate of drug-likeness (QED) is 0.0261. The molecule has 7 atom stereocenters. The van der Waals surface area contributed by atoms with Crippen molar-refractivity contribution in [3.05, 3.63) is 85.1 Å². The van der Waals surface area contributed by atoms with E-state index in [9.17, 15) is 30.3 Å². The Morgan fingerprint density at radius 1 is 0.443 bits per heavy atom. The number of amides is 1. The monoisotopic (exact) mass is 1110 g/mol. The van der Waals surface area contributed by atoms with Gasteiger partial charge in [-0.2, -0.15) is 0 Å². The third kappa shape index (κ3) is 47.6. The van der Waals surface area contributed by atoms with Crippen molar-refractivity contribution >= 4 is 5.91 Å². The molecule has 458 valence electrons. The molecule has 6 N–H and O–H groups in total. The molecule has 1 amide bonds. The van der Waals surface area contributed by atoms with E-state index in [1.165, 1.54) is 199 Å². The van der Waals surface area contributed by atoms with Crippen LogP contribution in [0.15, 0.2) is 85.1 Å². The number of allylic oxidation sites excluding steroid dienone is 13. The lowest BCUT2D eigenvalue weighted by Crippen LogP contribution is -2.60. The second kappa shape index (κ2) is 58.6. The number of nitrogens with one attached hydrogen (secondary N) is 1. The van der Waals surface area contributed by atoms with Crippen molar-refractivity contribution < 1.29 is 39.8 Å². The van der Waals surface area contributed by atoms with Crippen LogP contribution in [-0.2, 0) is 14.3 Å². The molecule has 9 nitrogen and oxygen atoms in total. The molecule has 7 unspecified atom stereocenters. The van der Waals surface area contributed by atoms with Gasteiger partial charge >= 0.3 is 0 Å². The van der Waals surface area contributed by atoms with Gasteiger partial charge in [-0.25, -0.2) is 0 Å². The van der Waals surface area contributed by atoms with Crippen LogP contribution in [0.4, 0.5) is 0 Å². The van der Waals surface area contributed by atoms with E-state index < -0.39 is 49.5 Å². The van der Waals surface area contributed by atoms with E-state index in [0.29, 0.717) is 6.42 Å². The summed E-state index contributed by atoms with van der Waals surface area (Å²) in [6, 6.07) is -0.807. The van der Waals surface area contributed by atoms with Gasteiger partial charge in [0.05, 0.1) is 25.4 Å². The smallest absolute Gasteiger partial charge is 0.220 e. The summed E-state index contributed by atoms with van der Waals surface area (Å²) < 4.78 is 11.3. The molecule has 1 saturated heterocycles. The molecule has 0 aromatic carbocycles. The van der Waals surface area contributed by atoms with Gasteiger partial charge in [-0.15, -0.1) is 0 Å². The van der Waals surface area contributed by atoms with Crippen molar-refractivity contribution in [2.75, 3.05) is 13.2 Å². The maximum atomic E-state index is 13.1. The number of rotatable bonds is 57. The zero-order chi connectivity index (χ0) is 57.2. The van der Waals surface area contributed by atoms with Gasteiger partial charge in [0.2, 0.25) is 5.91 Å². The average Bonchev–Trinajstić information content (AvgIpc) is 3.48. The normalized spacial score (nSPS) is 19.1. The molecule has 1 fully saturated rings. The van der Waals surface area contributed by atoms with E-state index >= 15 is 0 Å². The summed E-state index contributed by atoms with van der Waals surface area (Å²) >= 11 is 0. The molecule has 1 aliphatic rings. The van der Waals surface area contributed by atoms with Crippen molar-refractivity contribution in [3.8, 4) is 0 Å². The first-order valence-corrected chi connectivity index (χ1v) is 33.3. The molecule has 0 bridgehead atoms. The van der Waals surface area contributed by atoms with Crippen molar-refractivity contribution in [1.29, 1.82) is 0 Å². The molecule has 79 heavy (non-hydrogen) atoms. The molecule has 1 rings (SSSR count). The Balaban J connectivity index is 2.08. The van der Waals surface area contributed by atoms with Crippen LogP contribution in [0.5, 0.6) is 0 Å². The zero-order valence-electron chi connectivity index (χ0n) is 51.1. The van der Waals surface area contributed by atoms with Crippen LogP contribution >= 0.6 is 0 Å². The standard InChI is InChI=1S/C70H125NO8/c1-3-5-7-9-11-13-15-17-19-21-22-23-24-25-26-27-28-29-30-31-32-33-34-35-36-37-38-39-40-41-42-44-46-48-50-52-54-56-58-60-66(74)71-63(62-78-70-69(77)68(76)67(75)65(61-72)79-70)64(73)59-57-55-53-51-49-47-45-43-20-18-16-14-12-10-8-6-4-2/h5,7,11,13,17,19,22-23,25-26,28-29,57,59,63-65,67-70,72-73,75-77H,3-4,6,8-10,12,14-16,18,20-21,24,27,30-56,58,60-62H2,1-2H3,(H,71,74)/b7-5-,13-11-,19-17-,23-22-,26-25-,29-28-,59-57+. The van der Waals surface area contributed by atoms with E-state index in [0.717, 1.165) is 77.0 Å². The highest BCUT2D eigenvalue weighted by Crippen LogP contribution is 2.23. The number of hydrogen-bond donors (Lipinski definition) is 6. The van der Waals surface area contributed by atoms with Crippen LogP contribution < -0.4 is 5.32 Å². The van der Waals surface area contributed by atoms with Gasteiger partial charge in [-0.05, 0) is 70.6 Å². The van der Waals surface area contributed by atoms with Crippen molar-refractivity contribution in [3.63, 3.8) is 0 Å². The second-order valence-corrected chi connectivity index (χ2v) is 22.9. The largest absolute Gasteiger partial charge is 0.394 e. The van der Waals surface area contributed by atoms with E-state index in [-0.39, 0.29) is 12.5 Å². The average molecular weight is 1110 g/mol. The lowest BCUT2D eigenvalue weighted by Gasteiger charge is -2.40. The SMILES string of the molecule is CC/C=C\C/C=C\C/C=C\C/C=C\C/C=C\C/C=C\CCCCCCCCCCCCCCCCCCCCCCC(=O)NC(COC1OC(CO)C(O)C(O)C1O)C(O)/C=C/CCCCCCCCCCCCCCCCC. The number of hydrogen-bond acceptors (Lipinski definition) is 8. The molecule has 0 aromatic rings. The Bertz CT molecular complexity index is 1520. The van der Waals surface area contributed by atoms with Crippen molar-refractivity contribution in [1.82, 2.24) is 5.32 Å². The maximum Gasteiger partial charge on any atom is 0.220 e. The van der Waals surface area contributed by atoms with Crippen molar-refractivity contribution in [2.45, 2.75) is 339 Å². The molecular formula is C70H125NO8. The molecule has 0 saturated carbocycles. The molecule has 0 spiro atoms. The van der Waals surface area contributed by atoms with Crippen LogP contribution in [0, 0.1) is 0 Å². The third-order valence-corrected chi connectivity index (χ3v) is 15.5. The Kier molecular flexibility index (Phi) is 55.1. The summed E-state index contributed by atoms with van der Waals surface area (Å²) in [7, 11) is 0. The number of carbonyl (C=O) groups is 1. The fraction of sp³-hybridized carbons (Fsp3) is 0.786. The number of aliphatic hydroxyl groups is 5. The summed E-state index contributed by atoms with van der Waals surface area (Å²) in [5.74, 6) is -0.174. The van der Waals surface area contributed by atoms with Gasteiger partial charge in [0, 0.05) is 6.42 Å². The molecule has 1 aliphatic heterocycles. The first-order chi connectivity index (χ1) is 38.8. The fourth-order valence-corrected chi connectivity index (χ4v) is 10.3. The molecule has 9 heteroatoms. The van der Waals surface area contributed by atoms with Crippen LogP contribution in [0.25, 0.3) is 0 Å². The van der Waals surface area contributed by atoms with Gasteiger partial charge < -0.3 is 40.3 Å². The van der Waals surface area contributed by atoms with Crippen LogP contribution in [-0.4, -0.2) is 87.5 Å². The summed E-state index contributed by atoms with van der Waals surface area (Å²) in [5, 5.41) is 54.6. The first kappa shape index (κ1) is 74.4. The number of unbranched alkanes of at least 4 members (excludes halogenated alkanes) is 35. The van der Waals surface area contributed by atoms with Crippen LogP contribution in [0.3, 0.4) is 0 Å². The Hall–Kier alpha value is -2.63. The molecular weight excluding hydrogens is 983 g/mol. The molecule has 0 radical (unpaired) electrons. The summed E-state index contributed by atoms with van der Waals surface area (Å²) in [5.41, 5.74) is 0. The fourth-order valence-electron chi connectivity index (χ4n) is 10.3. The summed E-state index contributed by atoms with van der Waals surface area (Å²) in [6.45, 7) is 3.69. The number of ether oxygens (including phenoxy) is 2. The van der Waals surface area contributed by atoms with Gasteiger partial charge in [0.1, 0.15) is 24.4 Å². The zero-order valence-corrected chi connectivity index (χ0v) is 51.1. The van der Waals surface area contributed by atoms with E-state index in [1.54, 1.807) is 6.08 Å². The maximum absolute atomic E-state index is 13.1. The predicted octanol–water partition coefficient (Wildman–Crippen LogP) is 17.7. The lowest BCUT2D eigenvalue weighted by atomic mass is 9.99. The van der Waals surface area contributed by atoms with E-state index in [2.05, 4.69) is 92.1 Å². The summed E-state index contributed by atoms with van der Waals surface area (Å²) in [4.78, 5) is 13.1. The first-order valence-electron chi connectivity index (χ1n) is 33.3. The number of carbonyl (C=O) groups excluding carboxylic acids is 1. The lowest BCUT2D eigenvalue weighted by molar-refractivity contribution is -0.302. The van der Waals surface area contributed by atoms with E-state index in [4.69, 9.17) is 9.47 Å². The molecule has 1 heterocycles. The minimum atomic E-state index is -1.57. The molecule has 0 aliphatic carbocycles. The van der Waals surface area contributed by atoms with Crippen LogP contribution in [0.2, 0.25) is 0 Å². The highest BCUT2D eigenvalue weighted by molar-refractivity contribution is 5.76. The van der Waals surface area contributed by atoms with Gasteiger partial charge in [0.25, 0.3) is 0 Å². The van der Waals surface area contributed by atoms with Gasteiger partial charge in [-0.1, -0.05) is 304 Å². The topological polar surface area (TPSA) is 149 Å². The predicted molar refractivity (Wildman–Crippen MR) is 336 cm³/mol. The van der Waals surface area contributed by atoms with Crippen LogP contribution in [0.1, 0.15) is 296 Å². The minimum absolute atomic E-state index is 0.174. The highest BCUT2D eigenvalue weighted by atomic mass is 16.7. The second-order valence-electron chi connectivity index (χ2n) is 22.9. The Morgan fingerprint density at radius 2 is 0.785 bits per heavy atom. The Morgan fingerprint density at radius 3 is 1.16 bits per heavy atom. The van der Waals surface area contributed by atoms with Gasteiger partial charge in [-0.3, -0.25) is 4.79 Å². The third-order valence-electron chi connectivity index (χ3n) is 15.5. The van der Waals surface area contributed by atoms with Crippen molar-refractivity contribution in [2.24, 2.45) is 0 Å². The van der Waals surface area contributed by atoms with E-state index in [1.807, 2.05) is 6.08 Å². The highest BCUT2D eigenvalue weighted by Gasteiger charge is 2.44.